The van der Waals surface area contributed by atoms with Gasteiger partial charge in [0.1, 0.15) is 16.1 Å². The maximum Gasteiger partial charge on any atom is 0.246 e. The molecule has 6 aromatic carbocycles. The fraction of sp³-hybridized carbons (Fsp3) is 0.100. The Morgan fingerprint density at radius 3 is 1.78 bits per heavy atom. The molecule has 10 rings (SSSR count). The average molecular weight is 641 g/mol. The topological polar surface area (TPSA) is 6.48 Å². The van der Waals surface area contributed by atoms with E-state index in [1.54, 1.807) is 15.6 Å². The maximum absolute atomic E-state index is 2.67. The molecule has 0 saturated carbocycles. The van der Waals surface area contributed by atoms with Crippen molar-refractivity contribution in [2.45, 2.75) is 36.0 Å². The number of para-hydroxylation sites is 4. The molecule has 0 N–H and O–H groups in total. The highest BCUT2D eigenvalue weighted by molar-refractivity contribution is 7.99. The molecule has 4 aliphatic heterocycles. The summed E-state index contributed by atoms with van der Waals surface area (Å²) in [7, 11) is -4.05. The van der Waals surface area contributed by atoms with Crippen molar-refractivity contribution in [3.8, 4) is 0 Å². The zero-order chi connectivity index (χ0) is 30.9. The van der Waals surface area contributed by atoms with Gasteiger partial charge in [-0.1, -0.05) is 139 Å². The predicted molar refractivity (Wildman–Crippen MR) is 205 cm³/mol. The normalized spacial score (nSPS) is 16.8. The molecule has 6 heteroatoms. The zero-order valence-corrected chi connectivity index (χ0v) is 29.3. The summed E-state index contributed by atoms with van der Waals surface area (Å²) in [6.45, 7) is 10.5. The molecule has 0 aliphatic carbocycles. The lowest BCUT2D eigenvalue weighted by Crippen LogP contribution is -2.79. The molecule has 0 saturated heterocycles. The van der Waals surface area contributed by atoms with Crippen LogP contribution in [0.5, 0.6) is 0 Å². The van der Waals surface area contributed by atoms with E-state index in [0.717, 1.165) is 0 Å². The Balaban J connectivity index is 1.35. The van der Waals surface area contributed by atoms with Crippen LogP contribution >= 0.6 is 11.8 Å². The Morgan fingerprint density at radius 1 is 0.478 bits per heavy atom. The molecule has 6 aromatic rings. The molecule has 0 atom stereocenters. The minimum absolute atomic E-state index is 0.230. The van der Waals surface area contributed by atoms with Crippen molar-refractivity contribution >= 4 is 106 Å². The van der Waals surface area contributed by atoms with Gasteiger partial charge in [-0.25, -0.2) is 0 Å². The van der Waals surface area contributed by atoms with Gasteiger partial charge in [0.25, 0.3) is 0 Å². The van der Waals surface area contributed by atoms with Crippen LogP contribution in [0.2, 0.25) is 26.2 Å². The van der Waals surface area contributed by atoms with Gasteiger partial charge in [-0.2, -0.15) is 0 Å². The van der Waals surface area contributed by atoms with Gasteiger partial charge < -0.3 is 9.80 Å². The van der Waals surface area contributed by atoms with Gasteiger partial charge in [-0.15, -0.1) is 0 Å². The van der Waals surface area contributed by atoms with Crippen LogP contribution in [0.25, 0.3) is 0 Å². The zero-order valence-electron chi connectivity index (χ0n) is 26.5. The van der Waals surface area contributed by atoms with Gasteiger partial charge >= 0.3 is 0 Å². The molecular weight excluding hydrogens is 608 g/mol. The first-order valence-electron chi connectivity index (χ1n) is 16.3. The van der Waals surface area contributed by atoms with Crippen molar-refractivity contribution in [3.05, 3.63) is 127 Å². The van der Waals surface area contributed by atoms with Crippen molar-refractivity contribution in [1.82, 2.24) is 0 Å². The Morgan fingerprint density at radius 2 is 1.04 bits per heavy atom. The second kappa shape index (κ2) is 9.19. The lowest BCUT2D eigenvalue weighted by molar-refractivity contribution is 1.16. The van der Waals surface area contributed by atoms with E-state index in [-0.39, 0.29) is 6.71 Å². The van der Waals surface area contributed by atoms with Crippen LogP contribution in [0.15, 0.2) is 137 Å². The van der Waals surface area contributed by atoms with Crippen LogP contribution in [-0.4, -0.2) is 22.9 Å². The van der Waals surface area contributed by atoms with Crippen LogP contribution in [-0.2, 0) is 0 Å². The second-order valence-corrected chi connectivity index (χ2v) is 23.9. The highest BCUT2D eigenvalue weighted by atomic mass is 32.2. The molecule has 220 valence electrons. The lowest BCUT2D eigenvalue weighted by atomic mass is 9.34. The number of nitrogens with zero attached hydrogens (tertiary/aromatic N) is 2. The number of rotatable bonds is 1. The third kappa shape index (κ3) is 3.34. The van der Waals surface area contributed by atoms with E-state index in [0.29, 0.717) is 0 Å². The third-order valence-corrected chi connectivity index (χ3v) is 19.3. The Labute approximate surface area is 277 Å². The first-order chi connectivity index (χ1) is 22.4. The Hall–Kier alpha value is -4.23. The van der Waals surface area contributed by atoms with Crippen LogP contribution in [0.3, 0.4) is 0 Å². The molecule has 0 spiro atoms. The van der Waals surface area contributed by atoms with Gasteiger partial charge in [0, 0.05) is 32.5 Å². The van der Waals surface area contributed by atoms with Gasteiger partial charge in [-0.3, -0.25) is 0 Å². The molecular formula is C40H33BN2SSi2. The molecule has 4 aliphatic rings. The number of hydrogen-bond acceptors (Lipinski definition) is 3. The first kappa shape index (κ1) is 26.9. The van der Waals surface area contributed by atoms with Crippen molar-refractivity contribution in [2.75, 3.05) is 9.80 Å². The largest absolute Gasteiger partial charge is 0.312 e. The quantitative estimate of drug-likeness (QED) is 0.198. The highest BCUT2D eigenvalue weighted by Crippen LogP contribution is 2.52. The molecule has 46 heavy (non-hydrogen) atoms. The number of benzene rings is 6. The third-order valence-electron chi connectivity index (χ3n) is 11.1. The standard InChI is InChI=1S/C40H33BN2SSi2/c1-45(2)35-21-11-5-14-27(35)41-28-15-13-23-37-40(28)43(31-18-8-12-22-36(31)46(37,3)4)32-24-26(25-38(45)39(32)41)42-29-16-6-9-19-33(29)44-34-20-10-7-17-30(34)42/h5-25H,1-4H3. The fourth-order valence-electron chi connectivity index (χ4n) is 8.94. The van der Waals surface area contributed by atoms with Crippen molar-refractivity contribution in [2.24, 2.45) is 0 Å². The summed E-state index contributed by atoms with van der Waals surface area (Å²) in [6.07, 6.45) is 0. The Kier molecular flexibility index (Phi) is 5.38. The van der Waals surface area contributed by atoms with E-state index < -0.39 is 16.1 Å². The minimum Gasteiger partial charge on any atom is -0.312 e. The van der Waals surface area contributed by atoms with E-state index in [2.05, 4.69) is 163 Å². The van der Waals surface area contributed by atoms with Gasteiger partial charge in [0.05, 0.1) is 11.4 Å². The van der Waals surface area contributed by atoms with E-state index in [1.165, 1.54) is 65.5 Å². The van der Waals surface area contributed by atoms with Gasteiger partial charge in [0.2, 0.25) is 6.71 Å². The first-order valence-corrected chi connectivity index (χ1v) is 23.1. The van der Waals surface area contributed by atoms with E-state index in [9.17, 15) is 0 Å². The van der Waals surface area contributed by atoms with Crippen LogP contribution in [0, 0.1) is 0 Å². The maximum atomic E-state index is 2.67. The van der Waals surface area contributed by atoms with Gasteiger partial charge in [0.15, 0.2) is 0 Å². The van der Waals surface area contributed by atoms with Crippen LogP contribution in [0.1, 0.15) is 0 Å². The number of hydrogen-bond donors (Lipinski definition) is 0. The summed E-state index contributed by atoms with van der Waals surface area (Å²) in [5.41, 5.74) is 12.4. The molecule has 0 amide bonds. The molecule has 0 bridgehead atoms. The average Bonchev–Trinajstić information content (AvgIpc) is 3.08. The summed E-state index contributed by atoms with van der Waals surface area (Å²) in [5.74, 6) is 0. The smallest absolute Gasteiger partial charge is 0.246 e. The molecule has 0 fully saturated rings. The summed E-state index contributed by atoms with van der Waals surface area (Å²) < 4.78 is 0. The van der Waals surface area contributed by atoms with Crippen molar-refractivity contribution < 1.29 is 0 Å². The molecule has 2 nitrogen and oxygen atoms in total. The lowest BCUT2D eigenvalue weighted by Gasteiger charge is -2.50. The molecule has 0 unspecified atom stereocenters. The van der Waals surface area contributed by atoms with Crippen LogP contribution < -0.4 is 46.9 Å². The van der Waals surface area contributed by atoms with E-state index in [1.807, 2.05) is 11.8 Å². The monoisotopic (exact) mass is 640 g/mol. The van der Waals surface area contributed by atoms with E-state index >= 15 is 0 Å². The van der Waals surface area contributed by atoms with Crippen molar-refractivity contribution in [3.63, 3.8) is 0 Å². The Bertz CT molecular complexity index is 2250. The SMILES string of the molecule is C[Si]1(C)c2ccccc2B2c3cccc4c3N(c3ccccc3[Si]4(C)C)c3cc(N4c5ccccc5Sc5ccccc54)cc1c32. The van der Waals surface area contributed by atoms with Crippen LogP contribution in [0.4, 0.5) is 34.1 Å². The van der Waals surface area contributed by atoms with Gasteiger partial charge in [-0.05, 0) is 63.8 Å². The molecule has 4 heterocycles. The summed E-state index contributed by atoms with van der Waals surface area (Å²) in [5, 5.41) is 6.21. The predicted octanol–water partition coefficient (Wildman–Crippen LogP) is 6.19. The van der Waals surface area contributed by atoms with Crippen molar-refractivity contribution in [1.29, 1.82) is 0 Å². The number of anilines is 6. The van der Waals surface area contributed by atoms with E-state index in [4.69, 9.17) is 0 Å². The second-order valence-electron chi connectivity index (χ2n) is 14.2. The summed E-state index contributed by atoms with van der Waals surface area (Å²) in [4.78, 5) is 7.81. The summed E-state index contributed by atoms with van der Waals surface area (Å²) in [6, 6.07) is 48.8. The molecule has 0 aromatic heterocycles. The molecule has 0 radical (unpaired) electrons. The number of fused-ring (bicyclic) bond motifs is 8. The minimum atomic E-state index is -2.09. The summed E-state index contributed by atoms with van der Waals surface area (Å²) >= 11 is 1.88. The fourth-order valence-corrected chi connectivity index (χ4v) is 16.2. The highest BCUT2D eigenvalue weighted by Gasteiger charge is 2.50.